The van der Waals surface area contributed by atoms with Gasteiger partial charge >= 0.3 is 0 Å². The maximum absolute atomic E-state index is 11.7. The van der Waals surface area contributed by atoms with Crippen molar-refractivity contribution in [2.45, 2.75) is 19.8 Å². The second-order valence-corrected chi connectivity index (χ2v) is 4.18. The molecule has 0 bridgehead atoms. The van der Waals surface area contributed by atoms with Crippen LogP contribution >= 0.6 is 12.4 Å². The number of rotatable bonds is 3. The Kier molecular flexibility index (Phi) is 5.44. The monoisotopic (exact) mass is 259 g/mol. The molecule has 1 atom stereocenters. The fourth-order valence-corrected chi connectivity index (χ4v) is 1.94. The lowest BCUT2D eigenvalue weighted by Gasteiger charge is -2.22. The molecular weight excluding hydrogens is 242 g/mol. The predicted octanol–water partition coefficient (Wildman–Crippen LogP) is 1.13. The summed E-state index contributed by atoms with van der Waals surface area (Å²) in [5.41, 5.74) is 0.392. The van der Waals surface area contributed by atoms with Gasteiger partial charge in [-0.05, 0) is 38.8 Å². The summed E-state index contributed by atoms with van der Waals surface area (Å²) in [6.07, 6.45) is 3.65. The van der Waals surface area contributed by atoms with Gasteiger partial charge in [-0.2, -0.15) is 0 Å². The maximum atomic E-state index is 11.7. The van der Waals surface area contributed by atoms with Gasteiger partial charge in [0.1, 0.15) is 5.76 Å². The second-order valence-electron chi connectivity index (χ2n) is 4.18. The van der Waals surface area contributed by atoms with Crippen LogP contribution in [0.3, 0.4) is 0 Å². The van der Waals surface area contributed by atoms with Gasteiger partial charge in [0.25, 0.3) is 5.91 Å². The molecule has 1 saturated heterocycles. The number of amides is 1. The number of carbonyl (C=O) groups excluding carboxylic acids is 1. The molecule has 6 heteroatoms. The van der Waals surface area contributed by atoms with E-state index in [1.165, 1.54) is 19.2 Å². The topological polar surface area (TPSA) is 67.2 Å². The van der Waals surface area contributed by atoms with Crippen LogP contribution in [0.1, 0.15) is 29.1 Å². The zero-order chi connectivity index (χ0) is 11.4. The van der Waals surface area contributed by atoms with E-state index < -0.39 is 0 Å². The lowest BCUT2D eigenvalue weighted by Crippen LogP contribution is -2.38. The molecule has 96 valence electrons. The summed E-state index contributed by atoms with van der Waals surface area (Å²) in [5.74, 6) is 0.959. The molecule has 1 aromatic rings. The van der Waals surface area contributed by atoms with E-state index in [0.717, 1.165) is 13.1 Å². The standard InChI is InChI=1S/C11H17N3O2.ClH/c1-8-10(14-7-16-8)11(15)13-6-9-3-2-4-12-5-9;/h7,9,12H,2-6H2,1H3,(H,13,15);1H. The predicted molar refractivity (Wildman–Crippen MR) is 66.4 cm³/mol. The fourth-order valence-electron chi connectivity index (χ4n) is 1.94. The molecule has 2 heterocycles. The van der Waals surface area contributed by atoms with Gasteiger partial charge in [0, 0.05) is 6.54 Å². The molecule has 1 amide bonds. The van der Waals surface area contributed by atoms with Crippen LogP contribution in [0.4, 0.5) is 0 Å². The second kappa shape index (κ2) is 6.61. The summed E-state index contributed by atoms with van der Waals surface area (Å²) in [7, 11) is 0. The van der Waals surface area contributed by atoms with E-state index in [1.54, 1.807) is 6.92 Å². The SMILES string of the molecule is Cc1ocnc1C(=O)NCC1CCCNC1.Cl. The minimum absolute atomic E-state index is 0. The number of halogens is 1. The highest BCUT2D eigenvalue weighted by atomic mass is 35.5. The molecular formula is C11H18ClN3O2. The number of nitrogens with zero attached hydrogens (tertiary/aromatic N) is 1. The van der Waals surface area contributed by atoms with E-state index >= 15 is 0 Å². The number of hydrogen-bond donors (Lipinski definition) is 2. The normalized spacial score (nSPS) is 19.5. The first kappa shape index (κ1) is 14.0. The van der Waals surface area contributed by atoms with Crippen molar-refractivity contribution < 1.29 is 9.21 Å². The van der Waals surface area contributed by atoms with Crippen LogP contribution < -0.4 is 10.6 Å². The smallest absolute Gasteiger partial charge is 0.273 e. The zero-order valence-corrected chi connectivity index (χ0v) is 10.7. The number of nitrogens with one attached hydrogen (secondary N) is 2. The van der Waals surface area contributed by atoms with Crippen molar-refractivity contribution in [2.75, 3.05) is 19.6 Å². The van der Waals surface area contributed by atoms with Crippen molar-refractivity contribution in [3.63, 3.8) is 0 Å². The number of carbonyl (C=O) groups is 1. The van der Waals surface area contributed by atoms with Crippen LogP contribution in [0.25, 0.3) is 0 Å². The van der Waals surface area contributed by atoms with Crippen LogP contribution in [0.2, 0.25) is 0 Å². The van der Waals surface area contributed by atoms with E-state index in [1.807, 2.05) is 0 Å². The molecule has 1 aliphatic heterocycles. The third-order valence-electron chi connectivity index (χ3n) is 2.91. The Morgan fingerprint density at radius 1 is 1.71 bits per heavy atom. The molecule has 1 fully saturated rings. The number of aryl methyl sites for hydroxylation is 1. The molecule has 1 unspecified atom stereocenters. The Morgan fingerprint density at radius 2 is 2.53 bits per heavy atom. The third kappa shape index (κ3) is 3.71. The van der Waals surface area contributed by atoms with Gasteiger partial charge in [0.2, 0.25) is 0 Å². The molecule has 0 radical (unpaired) electrons. The summed E-state index contributed by atoms with van der Waals surface area (Å²) in [6, 6.07) is 0. The number of oxazole rings is 1. The molecule has 0 aromatic carbocycles. The van der Waals surface area contributed by atoms with Crippen molar-refractivity contribution in [1.29, 1.82) is 0 Å². The Hall–Kier alpha value is -1.07. The summed E-state index contributed by atoms with van der Waals surface area (Å²) in [4.78, 5) is 15.6. The summed E-state index contributed by atoms with van der Waals surface area (Å²) < 4.78 is 4.99. The Bertz CT molecular complexity index is 361. The molecule has 2 rings (SSSR count). The van der Waals surface area contributed by atoms with Gasteiger partial charge in [-0.15, -0.1) is 12.4 Å². The summed E-state index contributed by atoms with van der Waals surface area (Å²) >= 11 is 0. The minimum atomic E-state index is -0.142. The van der Waals surface area contributed by atoms with Crippen LogP contribution in [0.15, 0.2) is 10.8 Å². The van der Waals surface area contributed by atoms with Crippen molar-refractivity contribution in [3.05, 3.63) is 17.8 Å². The Morgan fingerprint density at radius 3 is 3.12 bits per heavy atom. The van der Waals surface area contributed by atoms with Gasteiger partial charge < -0.3 is 15.1 Å². The highest BCUT2D eigenvalue weighted by Crippen LogP contribution is 2.09. The van der Waals surface area contributed by atoms with Crippen molar-refractivity contribution >= 4 is 18.3 Å². The zero-order valence-electron chi connectivity index (χ0n) is 9.86. The highest BCUT2D eigenvalue weighted by molar-refractivity contribution is 5.93. The number of piperidine rings is 1. The van der Waals surface area contributed by atoms with Gasteiger partial charge in [-0.25, -0.2) is 4.98 Å². The van der Waals surface area contributed by atoms with Crippen LogP contribution in [0.5, 0.6) is 0 Å². The van der Waals surface area contributed by atoms with E-state index in [2.05, 4.69) is 15.6 Å². The van der Waals surface area contributed by atoms with Gasteiger partial charge in [0.15, 0.2) is 12.1 Å². The number of aromatic nitrogens is 1. The molecule has 0 spiro atoms. The van der Waals surface area contributed by atoms with E-state index in [0.29, 0.717) is 23.9 Å². The van der Waals surface area contributed by atoms with E-state index in [9.17, 15) is 4.79 Å². The third-order valence-corrected chi connectivity index (χ3v) is 2.91. The summed E-state index contributed by atoms with van der Waals surface area (Å²) in [6.45, 7) is 4.52. The van der Waals surface area contributed by atoms with Gasteiger partial charge in [0.05, 0.1) is 0 Å². The quantitative estimate of drug-likeness (QED) is 0.854. The minimum Gasteiger partial charge on any atom is -0.448 e. The van der Waals surface area contributed by atoms with E-state index in [4.69, 9.17) is 4.42 Å². The van der Waals surface area contributed by atoms with Crippen molar-refractivity contribution in [2.24, 2.45) is 5.92 Å². The molecule has 0 aliphatic carbocycles. The molecule has 1 aromatic heterocycles. The average Bonchev–Trinajstić information content (AvgIpc) is 2.74. The molecule has 5 nitrogen and oxygen atoms in total. The average molecular weight is 260 g/mol. The molecule has 0 saturated carbocycles. The Balaban J connectivity index is 0.00000144. The first-order valence-corrected chi connectivity index (χ1v) is 5.66. The lowest BCUT2D eigenvalue weighted by molar-refractivity contribution is 0.0939. The first-order chi connectivity index (χ1) is 7.77. The fraction of sp³-hybridized carbons (Fsp3) is 0.636. The Labute approximate surface area is 107 Å². The lowest BCUT2D eigenvalue weighted by atomic mass is 10.00. The first-order valence-electron chi connectivity index (χ1n) is 5.66. The number of hydrogen-bond acceptors (Lipinski definition) is 4. The molecule has 2 N–H and O–H groups in total. The summed E-state index contributed by atoms with van der Waals surface area (Å²) in [5, 5.41) is 6.21. The van der Waals surface area contributed by atoms with Crippen molar-refractivity contribution in [3.8, 4) is 0 Å². The van der Waals surface area contributed by atoms with Crippen LogP contribution in [-0.4, -0.2) is 30.5 Å². The van der Waals surface area contributed by atoms with Gasteiger partial charge in [-0.1, -0.05) is 0 Å². The van der Waals surface area contributed by atoms with Crippen molar-refractivity contribution in [1.82, 2.24) is 15.6 Å². The van der Waals surface area contributed by atoms with Crippen LogP contribution in [0, 0.1) is 12.8 Å². The molecule has 1 aliphatic rings. The highest BCUT2D eigenvalue weighted by Gasteiger charge is 2.17. The molecule has 17 heavy (non-hydrogen) atoms. The van der Waals surface area contributed by atoms with Gasteiger partial charge in [-0.3, -0.25) is 4.79 Å². The van der Waals surface area contributed by atoms with Crippen LogP contribution in [-0.2, 0) is 0 Å². The van der Waals surface area contributed by atoms with E-state index in [-0.39, 0.29) is 18.3 Å². The maximum Gasteiger partial charge on any atom is 0.273 e. The largest absolute Gasteiger partial charge is 0.448 e.